The highest BCUT2D eigenvalue weighted by atomic mass is 32.2. The highest BCUT2D eigenvalue weighted by Gasteiger charge is 1.99. The molecule has 5 heteroatoms. The molecule has 0 saturated heterocycles. The van der Waals surface area contributed by atoms with Crippen LogP contribution < -0.4 is 0 Å². The van der Waals surface area contributed by atoms with Gasteiger partial charge in [0.25, 0.3) is 0 Å². The molecular weight excluding hydrogens is 186 g/mol. The Kier molecular flexibility index (Phi) is 3.70. The fraction of sp³-hybridized carbons (Fsp3) is 0.375. The number of thioether (sulfide) groups is 1. The van der Waals surface area contributed by atoms with Crippen molar-refractivity contribution in [3.05, 3.63) is 18.0 Å². The molecule has 1 N–H and O–H groups in total. The van der Waals surface area contributed by atoms with E-state index in [-0.39, 0.29) is 0 Å². The number of oxime groups is 1. The average Bonchev–Trinajstić information content (AvgIpc) is 2.18. The quantitative estimate of drug-likeness (QED) is 0.263. The van der Waals surface area contributed by atoms with Crippen molar-refractivity contribution in [2.45, 2.75) is 18.5 Å². The van der Waals surface area contributed by atoms with E-state index in [2.05, 4.69) is 15.1 Å². The lowest BCUT2D eigenvalue weighted by atomic mass is 10.2. The second kappa shape index (κ2) is 4.81. The van der Waals surface area contributed by atoms with E-state index in [4.69, 9.17) is 5.21 Å². The minimum Gasteiger partial charge on any atom is -0.411 e. The Bertz CT molecular complexity index is 314. The predicted molar refractivity (Wildman–Crippen MR) is 52.4 cm³/mol. The van der Waals surface area contributed by atoms with E-state index < -0.39 is 0 Å². The molecule has 0 aliphatic rings. The zero-order valence-electron chi connectivity index (χ0n) is 7.56. The van der Waals surface area contributed by atoms with E-state index in [1.165, 1.54) is 11.8 Å². The second-order valence-corrected chi connectivity index (χ2v) is 3.32. The first-order valence-electron chi connectivity index (χ1n) is 3.79. The van der Waals surface area contributed by atoms with Crippen LogP contribution in [0.1, 0.15) is 12.6 Å². The van der Waals surface area contributed by atoms with E-state index in [1.54, 1.807) is 13.1 Å². The van der Waals surface area contributed by atoms with Crippen LogP contribution in [-0.2, 0) is 6.42 Å². The molecule has 0 radical (unpaired) electrons. The monoisotopic (exact) mass is 197 g/mol. The Morgan fingerprint density at radius 1 is 1.69 bits per heavy atom. The van der Waals surface area contributed by atoms with Gasteiger partial charge in [-0.15, -0.1) is 0 Å². The van der Waals surface area contributed by atoms with Gasteiger partial charge in [0.1, 0.15) is 0 Å². The summed E-state index contributed by atoms with van der Waals surface area (Å²) in [7, 11) is 0. The van der Waals surface area contributed by atoms with Gasteiger partial charge in [-0.1, -0.05) is 16.9 Å². The normalized spacial score (nSPS) is 11.7. The van der Waals surface area contributed by atoms with Crippen molar-refractivity contribution in [2.24, 2.45) is 5.16 Å². The molecule has 0 amide bonds. The predicted octanol–water partition coefficient (Wildman–Crippen LogP) is 1.59. The number of hydrogen-bond donors (Lipinski definition) is 1. The molecule has 1 rings (SSSR count). The topological polar surface area (TPSA) is 58.4 Å². The molecule has 0 aliphatic heterocycles. The summed E-state index contributed by atoms with van der Waals surface area (Å²) in [6.45, 7) is 1.75. The van der Waals surface area contributed by atoms with E-state index >= 15 is 0 Å². The van der Waals surface area contributed by atoms with Crippen molar-refractivity contribution in [1.82, 2.24) is 9.97 Å². The zero-order valence-corrected chi connectivity index (χ0v) is 8.38. The average molecular weight is 197 g/mol. The Hall–Kier alpha value is -1.10. The van der Waals surface area contributed by atoms with Gasteiger partial charge < -0.3 is 5.21 Å². The van der Waals surface area contributed by atoms with Gasteiger partial charge in [0.2, 0.25) is 0 Å². The smallest absolute Gasteiger partial charge is 0.187 e. The summed E-state index contributed by atoms with van der Waals surface area (Å²) in [4.78, 5) is 8.28. The summed E-state index contributed by atoms with van der Waals surface area (Å²) in [6.07, 6.45) is 4.19. The van der Waals surface area contributed by atoms with Crippen LogP contribution >= 0.6 is 11.8 Å². The molecule has 4 nitrogen and oxygen atoms in total. The highest BCUT2D eigenvalue weighted by molar-refractivity contribution is 7.98. The fourth-order valence-corrected chi connectivity index (χ4v) is 1.25. The van der Waals surface area contributed by atoms with Gasteiger partial charge in [0, 0.05) is 12.6 Å². The molecule has 0 fully saturated rings. The highest BCUT2D eigenvalue weighted by Crippen LogP contribution is 2.08. The molecule has 1 heterocycles. The molecule has 0 aliphatic carbocycles. The Morgan fingerprint density at radius 3 is 3.08 bits per heavy atom. The lowest BCUT2D eigenvalue weighted by Crippen LogP contribution is -2.01. The van der Waals surface area contributed by atoms with Crippen molar-refractivity contribution in [2.75, 3.05) is 6.26 Å². The van der Waals surface area contributed by atoms with Crippen molar-refractivity contribution in [1.29, 1.82) is 0 Å². The van der Waals surface area contributed by atoms with Gasteiger partial charge in [-0.3, -0.25) is 0 Å². The molecule has 0 unspecified atom stereocenters. The summed E-state index contributed by atoms with van der Waals surface area (Å²) >= 11 is 1.49. The summed E-state index contributed by atoms with van der Waals surface area (Å²) in [5, 5.41) is 12.3. The van der Waals surface area contributed by atoms with Crippen LogP contribution in [0.2, 0.25) is 0 Å². The number of rotatable bonds is 3. The number of nitrogens with zero attached hydrogens (tertiary/aromatic N) is 3. The van der Waals surface area contributed by atoms with Crippen LogP contribution in [0, 0.1) is 0 Å². The molecule has 70 valence electrons. The minimum absolute atomic E-state index is 0.562. The largest absolute Gasteiger partial charge is 0.411 e. The van der Waals surface area contributed by atoms with Gasteiger partial charge >= 0.3 is 0 Å². The lowest BCUT2D eigenvalue weighted by molar-refractivity contribution is 0.317. The molecule has 0 bridgehead atoms. The molecule has 0 aromatic carbocycles. The van der Waals surface area contributed by atoms with Crippen LogP contribution in [0.3, 0.4) is 0 Å². The first-order valence-corrected chi connectivity index (χ1v) is 5.02. The van der Waals surface area contributed by atoms with Gasteiger partial charge in [-0.05, 0) is 19.2 Å². The van der Waals surface area contributed by atoms with Crippen LogP contribution in [-0.4, -0.2) is 27.1 Å². The van der Waals surface area contributed by atoms with E-state index in [9.17, 15) is 0 Å². The van der Waals surface area contributed by atoms with E-state index in [1.807, 2.05) is 12.3 Å². The van der Waals surface area contributed by atoms with Crippen molar-refractivity contribution in [3.63, 3.8) is 0 Å². The third-order valence-corrected chi connectivity index (χ3v) is 2.04. The maximum atomic E-state index is 8.46. The summed E-state index contributed by atoms with van der Waals surface area (Å²) in [5.74, 6) is 0. The van der Waals surface area contributed by atoms with Crippen LogP contribution in [0.5, 0.6) is 0 Å². The van der Waals surface area contributed by atoms with Crippen molar-refractivity contribution in [3.8, 4) is 0 Å². The Labute approximate surface area is 81.1 Å². The van der Waals surface area contributed by atoms with Gasteiger partial charge in [-0.2, -0.15) is 0 Å². The van der Waals surface area contributed by atoms with Gasteiger partial charge in [0.15, 0.2) is 5.16 Å². The summed E-state index contributed by atoms with van der Waals surface area (Å²) < 4.78 is 0. The first kappa shape index (κ1) is 9.98. The van der Waals surface area contributed by atoms with Crippen LogP contribution in [0.15, 0.2) is 22.6 Å². The van der Waals surface area contributed by atoms with E-state index in [0.29, 0.717) is 12.1 Å². The lowest BCUT2D eigenvalue weighted by Gasteiger charge is -1.99. The molecule has 0 spiro atoms. The number of aromatic nitrogens is 2. The maximum absolute atomic E-state index is 8.46. The molecule has 1 aromatic rings. The van der Waals surface area contributed by atoms with Crippen molar-refractivity contribution < 1.29 is 5.21 Å². The minimum atomic E-state index is 0.562. The summed E-state index contributed by atoms with van der Waals surface area (Å²) in [5.41, 5.74) is 1.51. The third kappa shape index (κ3) is 3.02. The molecule has 0 atom stereocenters. The van der Waals surface area contributed by atoms with Gasteiger partial charge in [0.05, 0.1) is 11.4 Å². The SMILES string of the molecule is CSc1nccc(C/C(C)=N/O)n1. The summed E-state index contributed by atoms with van der Waals surface area (Å²) in [6, 6.07) is 1.81. The maximum Gasteiger partial charge on any atom is 0.187 e. The molecule has 1 aromatic heterocycles. The van der Waals surface area contributed by atoms with Crippen LogP contribution in [0.4, 0.5) is 0 Å². The van der Waals surface area contributed by atoms with Crippen LogP contribution in [0.25, 0.3) is 0 Å². The Morgan fingerprint density at radius 2 is 2.46 bits per heavy atom. The molecule has 13 heavy (non-hydrogen) atoms. The first-order chi connectivity index (χ1) is 6.26. The standard InChI is InChI=1S/C8H11N3OS/c1-6(11-12)5-7-3-4-9-8(10-7)13-2/h3-4,12H,5H2,1-2H3/b11-6+. The van der Waals surface area contributed by atoms with E-state index in [0.717, 1.165) is 10.9 Å². The fourth-order valence-electron chi connectivity index (χ4n) is 0.870. The third-order valence-electron chi connectivity index (χ3n) is 1.48. The van der Waals surface area contributed by atoms with Crippen molar-refractivity contribution >= 4 is 17.5 Å². The Balaban J connectivity index is 2.77. The molecular formula is C8H11N3OS. The number of hydrogen-bond acceptors (Lipinski definition) is 5. The molecule has 0 saturated carbocycles. The second-order valence-electron chi connectivity index (χ2n) is 2.55. The van der Waals surface area contributed by atoms with Gasteiger partial charge in [-0.25, -0.2) is 9.97 Å². The zero-order chi connectivity index (χ0) is 9.68.